The summed E-state index contributed by atoms with van der Waals surface area (Å²) in [6, 6.07) is 10.6. The molecule has 2 aliphatic rings. The van der Waals surface area contributed by atoms with Crippen molar-refractivity contribution in [2.45, 2.75) is 39.2 Å². The van der Waals surface area contributed by atoms with Crippen LogP contribution in [0.25, 0.3) is 0 Å². The third kappa shape index (κ3) is 3.55. The van der Waals surface area contributed by atoms with Gasteiger partial charge in [-0.3, -0.25) is 0 Å². The zero-order valence-corrected chi connectivity index (χ0v) is 17.4. The molecule has 0 amide bonds. The molecule has 5 heteroatoms. The number of nitrogens with zero attached hydrogens (tertiary/aromatic N) is 2. The maximum absolute atomic E-state index is 6.33. The maximum Gasteiger partial charge on any atom is 0.162 e. The smallest absolute Gasteiger partial charge is 0.162 e. The Morgan fingerprint density at radius 1 is 1.21 bits per heavy atom. The number of anilines is 1. The van der Waals surface area contributed by atoms with Gasteiger partial charge in [0.25, 0.3) is 0 Å². The third-order valence-corrected chi connectivity index (χ3v) is 6.48. The zero-order valence-electron chi connectivity index (χ0n) is 17.4. The first-order chi connectivity index (χ1) is 13.5. The molecule has 0 saturated carbocycles. The largest absolute Gasteiger partial charge is 0.493 e. The molecule has 2 unspecified atom stereocenters. The summed E-state index contributed by atoms with van der Waals surface area (Å²) in [5.74, 6) is 3.17. The molecule has 5 nitrogen and oxygen atoms in total. The number of pyridine rings is 1. The normalized spacial score (nSPS) is 24.9. The lowest BCUT2D eigenvalue weighted by Crippen LogP contribution is -2.54. The highest BCUT2D eigenvalue weighted by atomic mass is 16.5. The molecule has 2 saturated heterocycles. The van der Waals surface area contributed by atoms with Gasteiger partial charge in [-0.25, -0.2) is 4.98 Å². The van der Waals surface area contributed by atoms with E-state index in [-0.39, 0.29) is 11.5 Å². The van der Waals surface area contributed by atoms with Crippen molar-refractivity contribution in [2.24, 2.45) is 5.41 Å². The summed E-state index contributed by atoms with van der Waals surface area (Å²) in [6.45, 7) is 10.5. The van der Waals surface area contributed by atoms with Gasteiger partial charge in [-0.1, -0.05) is 26.0 Å². The molecule has 0 radical (unpaired) electrons. The molecular formula is C23H31N3O2. The van der Waals surface area contributed by atoms with E-state index < -0.39 is 0 Å². The Kier molecular flexibility index (Phi) is 5.19. The first-order valence-electron chi connectivity index (χ1n) is 10.3. The lowest BCUT2D eigenvalue weighted by molar-refractivity contribution is 0.160. The van der Waals surface area contributed by atoms with Crippen molar-refractivity contribution < 1.29 is 9.47 Å². The molecule has 2 fully saturated rings. The molecule has 2 aromatic rings. The maximum atomic E-state index is 6.33. The molecule has 1 aromatic carbocycles. The summed E-state index contributed by atoms with van der Waals surface area (Å²) in [5.41, 5.74) is 2.80. The van der Waals surface area contributed by atoms with Crippen molar-refractivity contribution in [2.75, 3.05) is 38.2 Å². The van der Waals surface area contributed by atoms with Gasteiger partial charge in [-0.05, 0) is 48.1 Å². The average Bonchev–Trinajstić information content (AvgIpc) is 3.07. The molecule has 1 N–H and O–H groups in total. The topological polar surface area (TPSA) is 46.6 Å². The second kappa shape index (κ2) is 7.63. The molecule has 1 aromatic heterocycles. The van der Waals surface area contributed by atoms with Gasteiger partial charge in [0.05, 0.1) is 20.2 Å². The van der Waals surface area contributed by atoms with E-state index in [2.05, 4.69) is 66.3 Å². The van der Waals surface area contributed by atoms with Crippen LogP contribution in [-0.2, 0) is 0 Å². The monoisotopic (exact) mass is 381 g/mol. The summed E-state index contributed by atoms with van der Waals surface area (Å²) in [6.07, 6.45) is 3.23. The van der Waals surface area contributed by atoms with Crippen LogP contribution in [0.2, 0.25) is 0 Å². The van der Waals surface area contributed by atoms with Gasteiger partial charge in [-0.2, -0.15) is 0 Å². The zero-order chi connectivity index (χ0) is 19.7. The van der Waals surface area contributed by atoms with Gasteiger partial charge >= 0.3 is 0 Å². The van der Waals surface area contributed by atoms with Crippen molar-refractivity contribution in [3.05, 3.63) is 47.7 Å². The minimum atomic E-state index is 0.159. The highest BCUT2D eigenvalue weighted by Crippen LogP contribution is 2.43. The molecule has 0 bridgehead atoms. The van der Waals surface area contributed by atoms with E-state index in [0.29, 0.717) is 5.92 Å². The predicted molar refractivity (Wildman–Crippen MR) is 113 cm³/mol. The van der Waals surface area contributed by atoms with Crippen LogP contribution >= 0.6 is 0 Å². The van der Waals surface area contributed by atoms with Gasteiger partial charge in [0, 0.05) is 25.2 Å². The Bertz CT molecular complexity index is 817. The van der Waals surface area contributed by atoms with Crippen molar-refractivity contribution in [1.82, 2.24) is 10.3 Å². The van der Waals surface area contributed by atoms with Crippen LogP contribution in [0.1, 0.15) is 37.3 Å². The number of nitrogens with one attached hydrogen (secondary N) is 1. The van der Waals surface area contributed by atoms with Crippen LogP contribution in [0, 0.1) is 12.3 Å². The van der Waals surface area contributed by atoms with Crippen LogP contribution < -0.4 is 19.7 Å². The number of hydrogen-bond acceptors (Lipinski definition) is 5. The predicted octanol–water partition coefficient (Wildman–Crippen LogP) is 3.77. The van der Waals surface area contributed by atoms with E-state index in [1.54, 1.807) is 7.11 Å². The van der Waals surface area contributed by atoms with Gasteiger partial charge in [0.15, 0.2) is 11.5 Å². The fourth-order valence-corrected chi connectivity index (χ4v) is 4.29. The van der Waals surface area contributed by atoms with Crippen molar-refractivity contribution in [3.8, 4) is 11.5 Å². The summed E-state index contributed by atoms with van der Waals surface area (Å²) in [7, 11) is 1.71. The van der Waals surface area contributed by atoms with Crippen LogP contribution in [0.4, 0.5) is 5.82 Å². The van der Waals surface area contributed by atoms with Crippen molar-refractivity contribution in [1.29, 1.82) is 0 Å². The highest BCUT2D eigenvalue weighted by molar-refractivity contribution is 5.47. The summed E-state index contributed by atoms with van der Waals surface area (Å²) < 4.78 is 11.9. The minimum absolute atomic E-state index is 0.159. The van der Waals surface area contributed by atoms with Crippen LogP contribution in [-0.4, -0.2) is 44.4 Å². The van der Waals surface area contributed by atoms with E-state index in [4.69, 9.17) is 9.47 Å². The van der Waals surface area contributed by atoms with E-state index in [1.165, 1.54) is 11.1 Å². The fraction of sp³-hybridized carbons (Fsp3) is 0.522. The summed E-state index contributed by atoms with van der Waals surface area (Å²) in [4.78, 5) is 6.75. The minimum Gasteiger partial charge on any atom is -0.493 e. The molecule has 3 heterocycles. The van der Waals surface area contributed by atoms with Crippen LogP contribution in [0.5, 0.6) is 11.5 Å². The molecule has 28 heavy (non-hydrogen) atoms. The first-order valence-corrected chi connectivity index (χ1v) is 10.3. The van der Waals surface area contributed by atoms with Gasteiger partial charge in [0.1, 0.15) is 11.9 Å². The van der Waals surface area contributed by atoms with Gasteiger partial charge < -0.3 is 19.7 Å². The van der Waals surface area contributed by atoms with E-state index in [1.807, 2.05) is 6.20 Å². The average molecular weight is 382 g/mol. The SMILES string of the molecule is CCC1(C)CNCC1c1ccc(OC)c(OC2CN(c3ccc(C)cn3)C2)c1. The molecular weight excluding hydrogens is 350 g/mol. The first kappa shape index (κ1) is 19.1. The quantitative estimate of drug-likeness (QED) is 0.825. The molecule has 0 spiro atoms. The van der Waals surface area contributed by atoms with E-state index in [9.17, 15) is 0 Å². The Labute approximate surface area is 168 Å². The number of aryl methyl sites for hydroxylation is 1. The third-order valence-electron chi connectivity index (χ3n) is 6.48. The fourth-order valence-electron chi connectivity index (χ4n) is 4.29. The van der Waals surface area contributed by atoms with Gasteiger partial charge in [-0.15, -0.1) is 0 Å². The lowest BCUT2D eigenvalue weighted by atomic mass is 9.74. The second-order valence-corrected chi connectivity index (χ2v) is 8.44. The number of methoxy groups -OCH3 is 1. The Morgan fingerprint density at radius 3 is 2.71 bits per heavy atom. The lowest BCUT2D eigenvalue weighted by Gasteiger charge is -2.40. The number of ether oxygens (including phenoxy) is 2. The van der Waals surface area contributed by atoms with Crippen LogP contribution in [0.15, 0.2) is 36.5 Å². The van der Waals surface area contributed by atoms with Crippen molar-refractivity contribution in [3.63, 3.8) is 0 Å². The van der Waals surface area contributed by atoms with E-state index >= 15 is 0 Å². The Balaban J connectivity index is 1.46. The summed E-state index contributed by atoms with van der Waals surface area (Å²) >= 11 is 0. The summed E-state index contributed by atoms with van der Waals surface area (Å²) in [5, 5.41) is 3.57. The van der Waals surface area contributed by atoms with Gasteiger partial charge in [0.2, 0.25) is 0 Å². The Hall–Kier alpha value is -2.27. The molecule has 0 aliphatic carbocycles. The molecule has 2 aliphatic heterocycles. The van der Waals surface area contributed by atoms with E-state index in [0.717, 1.165) is 49.9 Å². The molecule has 150 valence electrons. The van der Waals surface area contributed by atoms with Crippen LogP contribution in [0.3, 0.4) is 0 Å². The van der Waals surface area contributed by atoms with Crippen molar-refractivity contribution >= 4 is 5.82 Å². The molecule has 2 atom stereocenters. The number of benzene rings is 1. The molecule has 4 rings (SSSR count). The highest BCUT2D eigenvalue weighted by Gasteiger charge is 2.38. The Morgan fingerprint density at radius 2 is 2.04 bits per heavy atom. The second-order valence-electron chi connectivity index (χ2n) is 8.44. The number of hydrogen-bond donors (Lipinski definition) is 1. The number of aromatic nitrogens is 1. The standard InChI is InChI=1S/C23H31N3O2/c1-5-23(3)15-24-12-19(23)17-7-8-20(27-4)21(10-17)28-18-13-26(14-18)22-9-6-16(2)11-25-22/h6-11,18-19,24H,5,12-15H2,1-4H3. The number of rotatable bonds is 6.